The topological polar surface area (TPSA) is 52.9 Å². The third kappa shape index (κ3) is 4.39. The largest absolute Gasteiger partial charge is 0.393 e. The first-order valence-electron chi connectivity index (χ1n) is 11.5. The monoisotopic (exact) mass is 379 g/mol. The minimum absolute atomic E-state index is 0.0566. The zero-order valence-corrected chi connectivity index (χ0v) is 17.6. The molecular formula is C23H41NO3. The number of ether oxygens (including phenoxy) is 1. The Bertz CT molecular complexity index is 484. The second-order valence-corrected chi connectivity index (χ2v) is 10.8. The molecule has 156 valence electrons. The SMILES string of the molecule is CC(CC(C1CC(O)C1)C(C)C1CC(C)(O)C1)C1CC(N2CCOCC2)C1. The molecule has 3 unspecified atom stereocenters. The third-order valence-electron chi connectivity index (χ3n) is 8.74. The number of aliphatic hydroxyl groups excluding tert-OH is 1. The van der Waals surface area contributed by atoms with Crippen LogP contribution in [0, 0.1) is 35.5 Å². The van der Waals surface area contributed by atoms with E-state index in [1.165, 1.54) is 19.3 Å². The molecule has 1 aliphatic heterocycles. The Morgan fingerprint density at radius 1 is 1.00 bits per heavy atom. The number of morpholine rings is 1. The second-order valence-electron chi connectivity index (χ2n) is 10.8. The molecule has 3 saturated carbocycles. The van der Waals surface area contributed by atoms with Crippen LogP contribution >= 0.6 is 0 Å². The highest BCUT2D eigenvalue weighted by molar-refractivity contribution is 4.98. The van der Waals surface area contributed by atoms with Gasteiger partial charge < -0.3 is 14.9 Å². The zero-order chi connectivity index (χ0) is 19.2. The molecule has 0 amide bonds. The van der Waals surface area contributed by atoms with Crippen molar-refractivity contribution in [1.29, 1.82) is 0 Å². The van der Waals surface area contributed by atoms with E-state index in [4.69, 9.17) is 4.74 Å². The summed E-state index contributed by atoms with van der Waals surface area (Å²) in [6, 6.07) is 0.796. The lowest BCUT2D eigenvalue weighted by molar-refractivity contribution is -0.101. The van der Waals surface area contributed by atoms with Crippen molar-refractivity contribution in [3.05, 3.63) is 0 Å². The maximum Gasteiger partial charge on any atom is 0.0625 e. The quantitative estimate of drug-likeness (QED) is 0.713. The van der Waals surface area contributed by atoms with E-state index in [0.29, 0.717) is 17.8 Å². The molecule has 4 heteroatoms. The lowest BCUT2D eigenvalue weighted by Crippen LogP contribution is -2.51. The highest BCUT2D eigenvalue weighted by atomic mass is 16.5. The van der Waals surface area contributed by atoms with E-state index in [-0.39, 0.29) is 6.10 Å². The molecule has 4 rings (SSSR count). The van der Waals surface area contributed by atoms with Crippen molar-refractivity contribution in [1.82, 2.24) is 4.90 Å². The van der Waals surface area contributed by atoms with Gasteiger partial charge in [0, 0.05) is 19.1 Å². The molecule has 27 heavy (non-hydrogen) atoms. The Kier molecular flexibility index (Phi) is 5.91. The number of rotatable bonds is 7. The average molecular weight is 380 g/mol. The van der Waals surface area contributed by atoms with Gasteiger partial charge in [-0.25, -0.2) is 0 Å². The summed E-state index contributed by atoms with van der Waals surface area (Å²) in [5.41, 5.74) is -0.423. The van der Waals surface area contributed by atoms with Gasteiger partial charge in [-0.1, -0.05) is 13.8 Å². The van der Waals surface area contributed by atoms with E-state index in [1.54, 1.807) is 0 Å². The van der Waals surface area contributed by atoms with E-state index in [9.17, 15) is 10.2 Å². The summed E-state index contributed by atoms with van der Waals surface area (Å²) in [6.45, 7) is 10.9. The normalized spacial score (nSPS) is 45.9. The van der Waals surface area contributed by atoms with Crippen LogP contribution in [0.3, 0.4) is 0 Å². The van der Waals surface area contributed by atoms with Crippen LogP contribution in [-0.4, -0.2) is 59.2 Å². The first-order valence-corrected chi connectivity index (χ1v) is 11.5. The molecule has 0 aromatic carbocycles. The van der Waals surface area contributed by atoms with Gasteiger partial charge >= 0.3 is 0 Å². The fourth-order valence-electron chi connectivity index (χ4n) is 6.56. The maximum absolute atomic E-state index is 10.2. The molecule has 0 spiro atoms. The Morgan fingerprint density at radius 2 is 1.63 bits per heavy atom. The fraction of sp³-hybridized carbons (Fsp3) is 1.00. The van der Waals surface area contributed by atoms with Gasteiger partial charge in [0.15, 0.2) is 0 Å². The van der Waals surface area contributed by atoms with Crippen LogP contribution < -0.4 is 0 Å². The molecule has 0 aromatic heterocycles. The van der Waals surface area contributed by atoms with E-state index >= 15 is 0 Å². The standard InChI is InChI=1S/C23H41NO3/c1-15(17-9-20(10-17)24-4-6-27-7-5-24)8-22(18-11-21(25)12-18)16(2)19-13-23(3,26)14-19/h15-22,25-26H,4-14H2,1-3H3. The minimum Gasteiger partial charge on any atom is -0.393 e. The minimum atomic E-state index is -0.423. The Hall–Kier alpha value is -0.160. The van der Waals surface area contributed by atoms with Gasteiger partial charge in [-0.15, -0.1) is 0 Å². The summed E-state index contributed by atoms with van der Waals surface area (Å²) < 4.78 is 5.50. The molecule has 0 radical (unpaired) electrons. The van der Waals surface area contributed by atoms with Gasteiger partial charge in [-0.05, 0) is 87.4 Å². The summed E-state index contributed by atoms with van der Waals surface area (Å²) in [7, 11) is 0. The summed E-state index contributed by atoms with van der Waals surface area (Å²) in [5, 5.41) is 20.0. The van der Waals surface area contributed by atoms with Crippen molar-refractivity contribution in [3.8, 4) is 0 Å². The van der Waals surface area contributed by atoms with Crippen LogP contribution in [0.5, 0.6) is 0 Å². The number of nitrogens with zero attached hydrogens (tertiary/aromatic N) is 1. The van der Waals surface area contributed by atoms with Crippen molar-refractivity contribution < 1.29 is 14.9 Å². The Balaban J connectivity index is 1.29. The van der Waals surface area contributed by atoms with Gasteiger partial charge in [-0.3, -0.25) is 4.90 Å². The lowest BCUT2D eigenvalue weighted by Gasteiger charge is -2.52. The highest BCUT2D eigenvalue weighted by Gasteiger charge is 2.47. The molecule has 1 heterocycles. The van der Waals surface area contributed by atoms with E-state index in [1.807, 2.05) is 6.92 Å². The fourth-order valence-corrected chi connectivity index (χ4v) is 6.56. The van der Waals surface area contributed by atoms with Crippen LogP contribution in [-0.2, 0) is 4.74 Å². The van der Waals surface area contributed by atoms with E-state index in [0.717, 1.165) is 75.8 Å². The molecule has 0 bridgehead atoms. The first kappa shape index (κ1) is 20.1. The molecule has 3 aliphatic carbocycles. The summed E-state index contributed by atoms with van der Waals surface area (Å²) >= 11 is 0. The van der Waals surface area contributed by atoms with Crippen LogP contribution in [0.25, 0.3) is 0 Å². The van der Waals surface area contributed by atoms with Crippen molar-refractivity contribution in [2.75, 3.05) is 26.3 Å². The molecule has 2 N–H and O–H groups in total. The Labute approximate surface area is 165 Å². The average Bonchev–Trinajstić information content (AvgIpc) is 2.54. The molecule has 1 saturated heterocycles. The molecule has 0 aromatic rings. The van der Waals surface area contributed by atoms with Crippen molar-refractivity contribution in [2.45, 2.75) is 83.5 Å². The number of hydrogen-bond acceptors (Lipinski definition) is 4. The van der Waals surface area contributed by atoms with Crippen molar-refractivity contribution in [3.63, 3.8) is 0 Å². The predicted molar refractivity (Wildman–Crippen MR) is 107 cm³/mol. The summed E-state index contributed by atoms with van der Waals surface area (Å²) in [5.74, 6) is 4.46. The zero-order valence-electron chi connectivity index (χ0n) is 17.6. The van der Waals surface area contributed by atoms with Gasteiger partial charge in [0.25, 0.3) is 0 Å². The molecule has 4 aliphatic rings. The van der Waals surface area contributed by atoms with Gasteiger partial charge in [-0.2, -0.15) is 0 Å². The molecular weight excluding hydrogens is 338 g/mol. The predicted octanol–water partition coefficient (Wildman–Crippen LogP) is 3.31. The van der Waals surface area contributed by atoms with Crippen LogP contribution in [0.15, 0.2) is 0 Å². The molecule has 3 atom stereocenters. The Morgan fingerprint density at radius 3 is 2.19 bits per heavy atom. The first-order chi connectivity index (χ1) is 12.8. The van der Waals surface area contributed by atoms with Gasteiger partial charge in [0.05, 0.1) is 24.9 Å². The smallest absolute Gasteiger partial charge is 0.0625 e. The van der Waals surface area contributed by atoms with Gasteiger partial charge in [0.1, 0.15) is 0 Å². The van der Waals surface area contributed by atoms with Crippen LogP contribution in [0.2, 0.25) is 0 Å². The second kappa shape index (κ2) is 7.93. The lowest BCUT2D eigenvalue weighted by atomic mass is 9.57. The number of hydrogen-bond donors (Lipinski definition) is 2. The van der Waals surface area contributed by atoms with Crippen molar-refractivity contribution >= 4 is 0 Å². The van der Waals surface area contributed by atoms with E-state index in [2.05, 4.69) is 18.7 Å². The highest BCUT2D eigenvalue weighted by Crippen LogP contribution is 2.51. The molecule has 4 nitrogen and oxygen atoms in total. The molecule has 4 fully saturated rings. The van der Waals surface area contributed by atoms with Gasteiger partial charge in [0.2, 0.25) is 0 Å². The third-order valence-corrected chi connectivity index (χ3v) is 8.74. The van der Waals surface area contributed by atoms with Crippen LogP contribution in [0.1, 0.15) is 65.7 Å². The van der Waals surface area contributed by atoms with E-state index < -0.39 is 5.60 Å². The summed E-state index contributed by atoms with van der Waals surface area (Å²) in [4.78, 5) is 2.64. The van der Waals surface area contributed by atoms with Crippen molar-refractivity contribution in [2.24, 2.45) is 35.5 Å². The van der Waals surface area contributed by atoms with Crippen LogP contribution in [0.4, 0.5) is 0 Å². The summed E-state index contributed by atoms with van der Waals surface area (Å²) in [6.07, 6.45) is 7.95. The maximum atomic E-state index is 10.2. The number of aliphatic hydroxyl groups is 2.